The van der Waals surface area contributed by atoms with Crippen LogP contribution in [0.25, 0.3) is 0 Å². The van der Waals surface area contributed by atoms with Crippen molar-refractivity contribution >= 4 is 23.5 Å². The number of aromatic nitrogens is 2. The summed E-state index contributed by atoms with van der Waals surface area (Å²) < 4.78 is 10.1. The minimum absolute atomic E-state index is 0.101. The fraction of sp³-hybridized carbons (Fsp3) is 0.500. The molecule has 1 aromatic heterocycles. The number of aryl methyl sites for hydroxylation is 1. The highest BCUT2D eigenvalue weighted by molar-refractivity contribution is 6.01. The predicted octanol–water partition coefficient (Wildman–Crippen LogP) is 3.11. The minimum atomic E-state index is -0.619. The summed E-state index contributed by atoms with van der Waals surface area (Å²) >= 11 is 0. The van der Waals surface area contributed by atoms with Crippen LogP contribution in [0.15, 0.2) is 28.8 Å². The molecule has 0 bridgehead atoms. The normalized spacial score (nSPS) is 15.5. The second-order valence-corrected chi connectivity index (χ2v) is 7.77. The molecular weight excluding hydrogens is 400 g/mol. The summed E-state index contributed by atoms with van der Waals surface area (Å²) in [6, 6.07) is 6.64. The molecule has 1 aliphatic carbocycles. The quantitative estimate of drug-likeness (QED) is 0.513. The van der Waals surface area contributed by atoms with Gasteiger partial charge in [-0.05, 0) is 25.0 Å². The van der Waals surface area contributed by atoms with Crippen LogP contribution in [0.2, 0.25) is 0 Å². The molecule has 2 aromatic rings. The maximum atomic E-state index is 12.4. The molecule has 1 heterocycles. The van der Waals surface area contributed by atoms with E-state index in [1.165, 1.54) is 14.0 Å². The van der Waals surface area contributed by atoms with Gasteiger partial charge in [0.15, 0.2) is 5.82 Å². The van der Waals surface area contributed by atoms with Crippen LogP contribution >= 0.6 is 0 Å². The number of benzene rings is 1. The zero-order chi connectivity index (χ0) is 22.3. The monoisotopic (exact) mass is 428 g/mol. The van der Waals surface area contributed by atoms with Crippen molar-refractivity contribution in [2.45, 2.75) is 63.8 Å². The van der Waals surface area contributed by atoms with E-state index >= 15 is 0 Å². The third kappa shape index (κ3) is 5.68. The minimum Gasteiger partial charge on any atom is -0.465 e. The molecule has 9 heteroatoms. The Morgan fingerprint density at radius 3 is 2.52 bits per heavy atom. The molecule has 1 aromatic carbocycles. The fourth-order valence-electron chi connectivity index (χ4n) is 3.94. The first kappa shape index (κ1) is 22.5. The molecule has 0 unspecified atom stereocenters. The zero-order valence-electron chi connectivity index (χ0n) is 17.9. The molecule has 3 rings (SSSR count). The molecule has 0 atom stereocenters. The summed E-state index contributed by atoms with van der Waals surface area (Å²) in [5.41, 5.74) is 0.0453. The SMILES string of the molecule is COC(=O)c1ccccc1NC(=O)CCc1nc(C2(NC(C)=O)CCCCCC2)no1. The Bertz CT molecular complexity index is 931. The number of hydrogen-bond donors (Lipinski definition) is 2. The Balaban J connectivity index is 1.65. The van der Waals surface area contributed by atoms with Gasteiger partial charge in [0.25, 0.3) is 0 Å². The molecule has 1 aliphatic rings. The van der Waals surface area contributed by atoms with E-state index in [0.717, 1.165) is 38.5 Å². The van der Waals surface area contributed by atoms with Crippen LogP contribution in [0.3, 0.4) is 0 Å². The van der Waals surface area contributed by atoms with Gasteiger partial charge in [-0.2, -0.15) is 4.98 Å². The summed E-state index contributed by atoms with van der Waals surface area (Å²) in [5, 5.41) is 9.88. The molecule has 2 amide bonds. The van der Waals surface area contributed by atoms with Crippen molar-refractivity contribution in [2.24, 2.45) is 0 Å². The van der Waals surface area contributed by atoms with Crippen LogP contribution in [0.5, 0.6) is 0 Å². The molecule has 166 valence electrons. The highest BCUT2D eigenvalue weighted by Crippen LogP contribution is 2.34. The van der Waals surface area contributed by atoms with Crippen molar-refractivity contribution < 1.29 is 23.6 Å². The third-order valence-corrected chi connectivity index (χ3v) is 5.44. The molecule has 1 fully saturated rings. The summed E-state index contributed by atoms with van der Waals surface area (Å²) in [4.78, 5) is 40.5. The molecular formula is C22H28N4O5. The van der Waals surface area contributed by atoms with E-state index in [1.807, 2.05) is 0 Å². The zero-order valence-corrected chi connectivity index (χ0v) is 17.9. The lowest BCUT2D eigenvalue weighted by Crippen LogP contribution is -2.45. The Labute approximate surface area is 180 Å². The predicted molar refractivity (Wildman–Crippen MR) is 112 cm³/mol. The van der Waals surface area contributed by atoms with Gasteiger partial charge >= 0.3 is 5.97 Å². The number of nitrogens with one attached hydrogen (secondary N) is 2. The molecule has 9 nitrogen and oxygen atoms in total. The number of carbonyl (C=O) groups is 3. The molecule has 0 spiro atoms. The van der Waals surface area contributed by atoms with Gasteiger partial charge in [0.05, 0.1) is 18.4 Å². The van der Waals surface area contributed by atoms with Crippen LogP contribution in [0.4, 0.5) is 5.69 Å². The van der Waals surface area contributed by atoms with Gasteiger partial charge < -0.3 is 19.9 Å². The molecule has 31 heavy (non-hydrogen) atoms. The average Bonchev–Trinajstić information content (AvgIpc) is 3.12. The Morgan fingerprint density at radius 1 is 1.13 bits per heavy atom. The first-order valence-corrected chi connectivity index (χ1v) is 10.5. The van der Waals surface area contributed by atoms with Gasteiger partial charge in [-0.25, -0.2) is 4.79 Å². The van der Waals surface area contributed by atoms with E-state index in [-0.39, 0.29) is 30.2 Å². The van der Waals surface area contributed by atoms with Crippen molar-refractivity contribution in [1.82, 2.24) is 15.5 Å². The van der Waals surface area contributed by atoms with Gasteiger partial charge in [-0.15, -0.1) is 0 Å². The second kappa shape index (κ2) is 10.2. The Hall–Kier alpha value is -3.23. The van der Waals surface area contributed by atoms with Crippen LogP contribution in [-0.4, -0.2) is 35.0 Å². The number of rotatable bonds is 7. The molecule has 1 saturated carbocycles. The summed E-state index contributed by atoms with van der Waals surface area (Å²) in [7, 11) is 1.29. The van der Waals surface area contributed by atoms with Crippen molar-refractivity contribution in [3.05, 3.63) is 41.5 Å². The first-order chi connectivity index (χ1) is 14.9. The molecule has 0 aliphatic heterocycles. The number of ether oxygens (including phenoxy) is 1. The Morgan fingerprint density at radius 2 is 1.84 bits per heavy atom. The van der Waals surface area contributed by atoms with Gasteiger partial charge in [0, 0.05) is 19.8 Å². The third-order valence-electron chi connectivity index (χ3n) is 5.44. The van der Waals surface area contributed by atoms with Gasteiger partial charge in [0.1, 0.15) is 5.54 Å². The van der Waals surface area contributed by atoms with Crippen LogP contribution in [0, 0.1) is 0 Å². The van der Waals surface area contributed by atoms with Crippen LogP contribution in [-0.2, 0) is 26.3 Å². The Kier molecular flexibility index (Phi) is 7.38. The van der Waals surface area contributed by atoms with Crippen molar-refractivity contribution in [2.75, 3.05) is 12.4 Å². The number of carbonyl (C=O) groups excluding carboxylic acids is 3. The summed E-state index contributed by atoms with van der Waals surface area (Å²) in [5.74, 6) is -0.139. The fourth-order valence-corrected chi connectivity index (χ4v) is 3.94. The maximum Gasteiger partial charge on any atom is 0.339 e. The van der Waals surface area contributed by atoms with E-state index in [4.69, 9.17) is 9.26 Å². The first-order valence-electron chi connectivity index (χ1n) is 10.5. The standard InChI is InChI=1S/C22H28N4O5/c1-15(27)25-22(13-7-3-4-8-14-22)21-24-19(31-26-21)12-11-18(28)23-17-10-6-5-9-16(17)20(29)30-2/h5-6,9-10H,3-4,7-8,11-14H2,1-2H3,(H,23,28)(H,25,27). The number of hydrogen-bond acceptors (Lipinski definition) is 7. The molecule has 2 N–H and O–H groups in total. The van der Waals surface area contributed by atoms with E-state index in [1.54, 1.807) is 24.3 Å². The van der Waals surface area contributed by atoms with Crippen molar-refractivity contribution in [1.29, 1.82) is 0 Å². The van der Waals surface area contributed by atoms with E-state index in [2.05, 4.69) is 20.8 Å². The topological polar surface area (TPSA) is 123 Å². The lowest BCUT2D eigenvalue weighted by Gasteiger charge is -2.30. The van der Waals surface area contributed by atoms with Crippen LogP contribution < -0.4 is 10.6 Å². The van der Waals surface area contributed by atoms with E-state index in [9.17, 15) is 14.4 Å². The highest BCUT2D eigenvalue weighted by Gasteiger charge is 2.38. The lowest BCUT2D eigenvalue weighted by atomic mass is 9.89. The highest BCUT2D eigenvalue weighted by atomic mass is 16.5. The number of methoxy groups -OCH3 is 1. The van der Waals surface area contributed by atoms with Gasteiger partial charge in [-0.3, -0.25) is 9.59 Å². The summed E-state index contributed by atoms with van der Waals surface area (Å²) in [6.45, 7) is 1.49. The van der Waals surface area contributed by atoms with E-state index < -0.39 is 11.5 Å². The largest absolute Gasteiger partial charge is 0.465 e. The lowest BCUT2D eigenvalue weighted by molar-refractivity contribution is -0.121. The van der Waals surface area contributed by atoms with E-state index in [0.29, 0.717) is 17.4 Å². The summed E-state index contributed by atoms with van der Waals surface area (Å²) in [6.07, 6.45) is 6.04. The number of esters is 1. The maximum absolute atomic E-state index is 12.4. The molecule has 0 radical (unpaired) electrons. The number of nitrogens with zero attached hydrogens (tertiary/aromatic N) is 2. The second-order valence-electron chi connectivity index (χ2n) is 7.77. The number of amides is 2. The van der Waals surface area contributed by atoms with Crippen molar-refractivity contribution in [3.63, 3.8) is 0 Å². The van der Waals surface area contributed by atoms with Gasteiger partial charge in [0.2, 0.25) is 17.7 Å². The smallest absolute Gasteiger partial charge is 0.339 e. The molecule has 0 saturated heterocycles. The van der Waals surface area contributed by atoms with Crippen LogP contribution in [0.1, 0.15) is 73.9 Å². The number of para-hydroxylation sites is 1. The average molecular weight is 428 g/mol. The van der Waals surface area contributed by atoms with Gasteiger partial charge in [-0.1, -0.05) is 43.0 Å². The van der Waals surface area contributed by atoms with Crippen molar-refractivity contribution in [3.8, 4) is 0 Å². The number of anilines is 1.